The Labute approximate surface area is 128 Å². The van der Waals surface area contributed by atoms with Crippen molar-refractivity contribution in [3.05, 3.63) is 29.8 Å². The molecule has 1 aromatic carbocycles. The molecule has 3 nitrogen and oxygen atoms in total. The molecule has 2 saturated heterocycles. The van der Waals surface area contributed by atoms with Crippen LogP contribution in [0.25, 0.3) is 0 Å². The van der Waals surface area contributed by atoms with E-state index in [4.69, 9.17) is 4.74 Å². The number of nitrogens with zero attached hydrogens (tertiary/aromatic N) is 1. The molecular weight excluding hydrogens is 260 g/mol. The molecule has 1 N–H and O–H groups in total. The predicted molar refractivity (Wildman–Crippen MR) is 87.8 cm³/mol. The molecule has 0 aromatic heterocycles. The summed E-state index contributed by atoms with van der Waals surface area (Å²) in [7, 11) is 0. The molecule has 2 aliphatic rings. The number of hydrogen-bond acceptors (Lipinski definition) is 3. The third-order valence-electron chi connectivity index (χ3n) is 4.74. The SMILES string of the molecule is CC1CC(NCc2ccc(N3CCCCC3)cc2)CCO1. The summed E-state index contributed by atoms with van der Waals surface area (Å²) < 4.78 is 5.60. The van der Waals surface area contributed by atoms with E-state index in [1.807, 2.05) is 0 Å². The topological polar surface area (TPSA) is 24.5 Å². The lowest BCUT2D eigenvalue weighted by molar-refractivity contribution is 0.0130. The smallest absolute Gasteiger partial charge is 0.0561 e. The zero-order valence-electron chi connectivity index (χ0n) is 13.2. The number of hydrogen-bond donors (Lipinski definition) is 1. The van der Waals surface area contributed by atoms with Crippen LogP contribution < -0.4 is 10.2 Å². The van der Waals surface area contributed by atoms with Crippen LogP contribution in [0.15, 0.2) is 24.3 Å². The van der Waals surface area contributed by atoms with Crippen LogP contribution in [0, 0.1) is 0 Å². The fourth-order valence-electron chi connectivity index (χ4n) is 3.42. The number of rotatable bonds is 4. The van der Waals surface area contributed by atoms with Crippen molar-refractivity contribution >= 4 is 5.69 Å². The number of ether oxygens (including phenoxy) is 1. The standard InChI is InChI=1S/C18H28N2O/c1-15-13-17(9-12-21-15)19-14-16-5-7-18(8-6-16)20-10-3-2-4-11-20/h5-8,15,17,19H,2-4,9-14H2,1H3. The van der Waals surface area contributed by atoms with Crippen molar-refractivity contribution in [3.8, 4) is 0 Å². The maximum absolute atomic E-state index is 5.60. The van der Waals surface area contributed by atoms with Crippen molar-refractivity contribution < 1.29 is 4.74 Å². The van der Waals surface area contributed by atoms with Gasteiger partial charge in [0.1, 0.15) is 0 Å². The quantitative estimate of drug-likeness (QED) is 0.919. The molecule has 3 rings (SSSR count). The normalized spacial score (nSPS) is 26.8. The Kier molecular flexibility index (Phi) is 5.15. The van der Waals surface area contributed by atoms with Gasteiger partial charge in [-0.2, -0.15) is 0 Å². The van der Waals surface area contributed by atoms with E-state index in [-0.39, 0.29) is 0 Å². The zero-order valence-corrected chi connectivity index (χ0v) is 13.2. The fraction of sp³-hybridized carbons (Fsp3) is 0.667. The third kappa shape index (κ3) is 4.21. The lowest BCUT2D eigenvalue weighted by atomic mass is 10.0. The van der Waals surface area contributed by atoms with Gasteiger partial charge in [0.25, 0.3) is 0 Å². The summed E-state index contributed by atoms with van der Waals surface area (Å²) in [5.41, 5.74) is 2.77. The average molecular weight is 288 g/mol. The van der Waals surface area contributed by atoms with Gasteiger partial charge < -0.3 is 15.0 Å². The van der Waals surface area contributed by atoms with E-state index >= 15 is 0 Å². The van der Waals surface area contributed by atoms with Crippen LogP contribution in [0.5, 0.6) is 0 Å². The molecule has 0 bridgehead atoms. The van der Waals surface area contributed by atoms with Crippen LogP contribution in [0.3, 0.4) is 0 Å². The minimum absolute atomic E-state index is 0.401. The van der Waals surface area contributed by atoms with Gasteiger partial charge in [0.05, 0.1) is 6.10 Å². The Hall–Kier alpha value is -1.06. The molecule has 21 heavy (non-hydrogen) atoms. The van der Waals surface area contributed by atoms with Crippen molar-refractivity contribution in [1.82, 2.24) is 5.32 Å². The molecule has 2 fully saturated rings. The number of nitrogens with one attached hydrogen (secondary N) is 1. The van der Waals surface area contributed by atoms with Crippen LogP contribution in [0.2, 0.25) is 0 Å². The van der Waals surface area contributed by atoms with E-state index in [2.05, 4.69) is 41.4 Å². The summed E-state index contributed by atoms with van der Waals surface area (Å²) in [6.07, 6.45) is 6.73. The maximum Gasteiger partial charge on any atom is 0.0561 e. The Morgan fingerprint density at radius 2 is 1.90 bits per heavy atom. The summed E-state index contributed by atoms with van der Waals surface area (Å²) in [5.74, 6) is 0. The van der Waals surface area contributed by atoms with Gasteiger partial charge in [-0.05, 0) is 56.7 Å². The molecule has 116 valence electrons. The Morgan fingerprint density at radius 3 is 2.62 bits per heavy atom. The van der Waals surface area contributed by atoms with Crippen molar-refractivity contribution in [2.24, 2.45) is 0 Å². The highest BCUT2D eigenvalue weighted by molar-refractivity contribution is 5.47. The lowest BCUT2D eigenvalue weighted by Gasteiger charge is -2.29. The van der Waals surface area contributed by atoms with Gasteiger partial charge in [-0.1, -0.05) is 12.1 Å². The Bertz CT molecular complexity index is 425. The maximum atomic E-state index is 5.60. The molecule has 2 atom stereocenters. The summed E-state index contributed by atoms with van der Waals surface area (Å²) in [5, 5.41) is 3.67. The third-order valence-corrected chi connectivity index (χ3v) is 4.74. The molecule has 2 heterocycles. The molecule has 2 unspecified atom stereocenters. The van der Waals surface area contributed by atoms with Crippen LogP contribution in [-0.2, 0) is 11.3 Å². The van der Waals surface area contributed by atoms with Crippen molar-refractivity contribution in [2.45, 2.75) is 57.7 Å². The second-order valence-electron chi connectivity index (χ2n) is 6.50. The lowest BCUT2D eigenvalue weighted by Crippen LogP contribution is -2.37. The summed E-state index contributed by atoms with van der Waals surface area (Å²) in [6, 6.07) is 9.74. The van der Waals surface area contributed by atoms with Crippen LogP contribution in [0.4, 0.5) is 5.69 Å². The van der Waals surface area contributed by atoms with E-state index < -0.39 is 0 Å². The second-order valence-corrected chi connectivity index (χ2v) is 6.50. The van der Waals surface area contributed by atoms with E-state index in [1.165, 1.54) is 43.6 Å². The molecule has 3 heteroatoms. The van der Waals surface area contributed by atoms with E-state index in [1.54, 1.807) is 0 Å². The highest BCUT2D eigenvalue weighted by Gasteiger charge is 2.18. The van der Waals surface area contributed by atoms with Crippen molar-refractivity contribution in [2.75, 3.05) is 24.6 Å². The molecular formula is C18H28N2O. The van der Waals surface area contributed by atoms with Crippen molar-refractivity contribution in [3.63, 3.8) is 0 Å². The Morgan fingerprint density at radius 1 is 1.14 bits per heavy atom. The van der Waals surface area contributed by atoms with Crippen LogP contribution in [0.1, 0.15) is 44.6 Å². The second kappa shape index (κ2) is 7.28. The highest BCUT2D eigenvalue weighted by atomic mass is 16.5. The molecule has 0 saturated carbocycles. The van der Waals surface area contributed by atoms with Gasteiger partial charge >= 0.3 is 0 Å². The van der Waals surface area contributed by atoms with E-state index in [0.717, 1.165) is 26.0 Å². The summed E-state index contributed by atoms with van der Waals surface area (Å²) in [6.45, 7) is 6.47. The van der Waals surface area contributed by atoms with Gasteiger partial charge in [-0.3, -0.25) is 0 Å². The first kappa shape index (κ1) is 14.9. The molecule has 0 aliphatic carbocycles. The van der Waals surface area contributed by atoms with Crippen LogP contribution in [-0.4, -0.2) is 31.8 Å². The summed E-state index contributed by atoms with van der Waals surface area (Å²) in [4.78, 5) is 2.51. The molecule has 1 aromatic rings. The monoisotopic (exact) mass is 288 g/mol. The molecule has 2 aliphatic heterocycles. The van der Waals surface area contributed by atoms with Gasteiger partial charge in [-0.25, -0.2) is 0 Å². The molecule has 0 amide bonds. The zero-order chi connectivity index (χ0) is 14.5. The first-order valence-electron chi connectivity index (χ1n) is 8.50. The van der Waals surface area contributed by atoms with E-state index in [9.17, 15) is 0 Å². The minimum Gasteiger partial charge on any atom is -0.378 e. The molecule has 0 spiro atoms. The van der Waals surface area contributed by atoms with Crippen LogP contribution >= 0.6 is 0 Å². The fourth-order valence-corrected chi connectivity index (χ4v) is 3.42. The Balaban J connectivity index is 1.49. The van der Waals surface area contributed by atoms with Gasteiger partial charge in [-0.15, -0.1) is 0 Å². The first-order chi connectivity index (χ1) is 10.3. The summed E-state index contributed by atoms with van der Waals surface area (Å²) >= 11 is 0. The highest BCUT2D eigenvalue weighted by Crippen LogP contribution is 2.20. The van der Waals surface area contributed by atoms with Gasteiger partial charge in [0.2, 0.25) is 0 Å². The minimum atomic E-state index is 0.401. The van der Waals surface area contributed by atoms with Crippen molar-refractivity contribution in [1.29, 1.82) is 0 Å². The number of anilines is 1. The van der Waals surface area contributed by atoms with Gasteiger partial charge in [0, 0.05) is 38.0 Å². The van der Waals surface area contributed by atoms with Gasteiger partial charge in [0.15, 0.2) is 0 Å². The predicted octanol–water partition coefficient (Wildman–Crippen LogP) is 3.33. The number of benzene rings is 1. The average Bonchev–Trinajstić information content (AvgIpc) is 2.54. The largest absolute Gasteiger partial charge is 0.378 e. The number of piperidine rings is 1. The first-order valence-corrected chi connectivity index (χ1v) is 8.50. The van der Waals surface area contributed by atoms with E-state index in [0.29, 0.717) is 12.1 Å². The molecule has 0 radical (unpaired) electrons.